The highest BCUT2D eigenvalue weighted by Crippen LogP contribution is 1.92. The largest absolute Gasteiger partial charge is 0.399 e. The summed E-state index contributed by atoms with van der Waals surface area (Å²) in [5.41, 5.74) is 6.08. The molecule has 0 aliphatic carbocycles. The number of pyridine rings is 1. The minimum absolute atomic E-state index is 0.250. The van der Waals surface area contributed by atoms with Crippen LogP contribution in [-0.4, -0.2) is 16.7 Å². The molecule has 0 unspecified atom stereocenters. The summed E-state index contributed by atoms with van der Waals surface area (Å²) in [5.74, 6) is 0. The van der Waals surface area contributed by atoms with Gasteiger partial charge in [-0.3, -0.25) is 4.98 Å². The van der Waals surface area contributed by atoms with E-state index in [0.29, 0.717) is 0 Å². The number of aliphatic hydroxyl groups excluding tert-OH is 1. The summed E-state index contributed by atoms with van der Waals surface area (Å²) in [4.78, 5) is 3.77. The first-order valence-corrected chi connectivity index (χ1v) is 3.07. The maximum atomic E-state index is 7.57. The molecule has 0 radical (unpaired) electrons. The number of nitrogen functional groups attached to an aromatic ring is 1. The van der Waals surface area contributed by atoms with E-state index < -0.39 is 0 Å². The summed E-state index contributed by atoms with van der Waals surface area (Å²) in [6.45, 7) is 1.93. The Hall–Kier alpha value is -1.09. The summed E-state index contributed by atoms with van der Waals surface area (Å²) in [6.07, 6.45) is 3.32. The summed E-state index contributed by atoms with van der Waals surface area (Å²) in [7, 11) is 0. The fourth-order valence-electron chi connectivity index (χ4n) is 0.363. The van der Waals surface area contributed by atoms with Gasteiger partial charge < -0.3 is 10.8 Å². The van der Waals surface area contributed by atoms with Gasteiger partial charge in [0.2, 0.25) is 0 Å². The van der Waals surface area contributed by atoms with E-state index in [2.05, 4.69) is 4.98 Å². The van der Waals surface area contributed by atoms with Crippen LogP contribution in [0.2, 0.25) is 0 Å². The SMILES string of the molecule is CCO.Nc1ccncc1. The van der Waals surface area contributed by atoms with E-state index >= 15 is 0 Å². The number of aliphatic hydroxyl groups is 1. The zero-order chi connectivity index (χ0) is 7.82. The summed E-state index contributed by atoms with van der Waals surface area (Å²) >= 11 is 0. The predicted molar refractivity (Wildman–Crippen MR) is 41.4 cm³/mol. The van der Waals surface area contributed by atoms with Gasteiger partial charge in [0.05, 0.1) is 0 Å². The molecule has 0 saturated heterocycles. The van der Waals surface area contributed by atoms with Gasteiger partial charge in [-0.15, -0.1) is 0 Å². The fraction of sp³-hybridized carbons (Fsp3) is 0.286. The number of nitrogens with two attached hydrogens (primary N) is 1. The molecule has 0 aromatic carbocycles. The van der Waals surface area contributed by atoms with Crippen LogP contribution in [-0.2, 0) is 0 Å². The lowest BCUT2D eigenvalue weighted by Gasteiger charge is -1.83. The second-order valence-electron chi connectivity index (χ2n) is 1.60. The van der Waals surface area contributed by atoms with Crippen LogP contribution in [0.5, 0.6) is 0 Å². The first kappa shape index (κ1) is 8.91. The standard InChI is InChI=1S/C5H6N2.C2H6O/c6-5-1-3-7-4-2-5;1-2-3/h1-4H,(H2,6,7);3H,2H2,1H3. The minimum atomic E-state index is 0.250. The topological polar surface area (TPSA) is 59.1 Å². The first-order chi connectivity index (χ1) is 4.81. The third-order valence-electron chi connectivity index (χ3n) is 0.706. The molecule has 10 heavy (non-hydrogen) atoms. The van der Waals surface area contributed by atoms with E-state index in [1.165, 1.54) is 0 Å². The quantitative estimate of drug-likeness (QED) is 0.556. The van der Waals surface area contributed by atoms with Gasteiger partial charge in [-0.25, -0.2) is 0 Å². The molecule has 0 spiro atoms. The lowest BCUT2D eigenvalue weighted by Crippen LogP contribution is -1.81. The third-order valence-corrected chi connectivity index (χ3v) is 0.706. The van der Waals surface area contributed by atoms with Crippen molar-refractivity contribution in [3.63, 3.8) is 0 Å². The number of nitrogens with zero attached hydrogens (tertiary/aromatic N) is 1. The van der Waals surface area contributed by atoms with Gasteiger partial charge in [0.25, 0.3) is 0 Å². The van der Waals surface area contributed by atoms with Crippen molar-refractivity contribution in [2.75, 3.05) is 12.3 Å². The average Bonchev–Trinajstić information content (AvgIpc) is 1.91. The van der Waals surface area contributed by atoms with Crippen LogP contribution in [0.25, 0.3) is 0 Å². The molecular formula is C7H12N2O. The van der Waals surface area contributed by atoms with Crippen LogP contribution in [0.15, 0.2) is 24.5 Å². The molecule has 3 nitrogen and oxygen atoms in total. The Morgan fingerprint density at radius 1 is 1.50 bits per heavy atom. The summed E-state index contributed by atoms with van der Waals surface area (Å²) < 4.78 is 0. The Bertz CT molecular complexity index is 153. The third kappa shape index (κ3) is 5.05. The molecule has 1 rings (SSSR count). The lowest BCUT2D eigenvalue weighted by atomic mass is 10.4. The molecule has 1 aromatic heterocycles. The van der Waals surface area contributed by atoms with Crippen molar-refractivity contribution >= 4 is 5.69 Å². The Kier molecular flexibility index (Phi) is 5.38. The van der Waals surface area contributed by atoms with Gasteiger partial charge in [0.15, 0.2) is 0 Å². The van der Waals surface area contributed by atoms with Crippen LogP contribution in [0.4, 0.5) is 5.69 Å². The molecule has 1 aromatic rings. The smallest absolute Gasteiger partial charge is 0.0402 e. The van der Waals surface area contributed by atoms with Gasteiger partial charge in [0.1, 0.15) is 0 Å². The molecule has 0 bridgehead atoms. The summed E-state index contributed by atoms with van der Waals surface area (Å²) in [6, 6.07) is 3.50. The maximum Gasteiger partial charge on any atom is 0.0402 e. The number of aromatic nitrogens is 1. The second-order valence-corrected chi connectivity index (χ2v) is 1.60. The predicted octanol–water partition coefficient (Wildman–Crippen LogP) is 0.662. The van der Waals surface area contributed by atoms with Gasteiger partial charge in [-0.2, -0.15) is 0 Å². The van der Waals surface area contributed by atoms with Crippen molar-refractivity contribution in [1.82, 2.24) is 4.98 Å². The minimum Gasteiger partial charge on any atom is -0.399 e. The Labute approximate surface area is 60.5 Å². The van der Waals surface area contributed by atoms with E-state index in [4.69, 9.17) is 10.8 Å². The molecule has 3 heteroatoms. The van der Waals surface area contributed by atoms with E-state index in [0.717, 1.165) is 5.69 Å². The molecule has 1 heterocycles. The van der Waals surface area contributed by atoms with Crippen molar-refractivity contribution in [2.24, 2.45) is 0 Å². The van der Waals surface area contributed by atoms with Crippen LogP contribution in [0.1, 0.15) is 6.92 Å². The molecule has 3 N–H and O–H groups in total. The highest BCUT2D eigenvalue weighted by Gasteiger charge is 1.73. The van der Waals surface area contributed by atoms with E-state index in [1.54, 1.807) is 31.5 Å². The van der Waals surface area contributed by atoms with Crippen LogP contribution < -0.4 is 5.73 Å². The second kappa shape index (κ2) is 6.04. The van der Waals surface area contributed by atoms with Gasteiger partial charge in [-0.05, 0) is 19.1 Å². The van der Waals surface area contributed by atoms with E-state index in [1.807, 2.05) is 0 Å². The number of hydrogen-bond acceptors (Lipinski definition) is 3. The van der Waals surface area contributed by atoms with Crippen LogP contribution in [0, 0.1) is 0 Å². The zero-order valence-corrected chi connectivity index (χ0v) is 5.99. The van der Waals surface area contributed by atoms with Crippen molar-refractivity contribution in [1.29, 1.82) is 0 Å². The van der Waals surface area contributed by atoms with Crippen molar-refractivity contribution in [3.8, 4) is 0 Å². The van der Waals surface area contributed by atoms with E-state index in [9.17, 15) is 0 Å². The monoisotopic (exact) mass is 140 g/mol. The van der Waals surface area contributed by atoms with Gasteiger partial charge in [-0.1, -0.05) is 0 Å². The molecule has 0 aliphatic heterocycles. The normalized spacial score (nSPS) is 7.80. The van der Waals surface area contributed by atoms with Crippen LogP contribution >= 0.6 is 0 Å². The average molecular weight is 140 g/mol. The number of rotatable bonds is 0. The van der Waals surface area contributed by atoms with E-state index in [-0.39, 0.29) is 6.61 Å². The van der Waals surface area contributed by atoms with Gasteiger partial charge in [0, 0.05) is 24.7 Å². The van der Waals surface area contributed by atoms with Crippen molar-refractivity contribution in [3.05, 3.63) is 24.5 Å². The molecule has 0 atom stereocenters. The van der Waals surface area contributed by atoms with Gasteiger partial charge >= 0.3 is 0 Å². The lowest BCUT2D eigenvalue weighted by molar-refractivity contribution is 0.318. The Morgan fingerprint density at radius 3 is 2.10 bits per heavy atom. The first-order valence-electron chi connectivity index (χ1n) is 3.07. The number of hydrogen-bond donors (Lipinski definition) is 2. The molecule has 0 aliphatic rings. The molecular weight excluding hydrogens is 128 g/mol. The summed E-state index contributed by atoms with van der Waals surface area (Å²) in [5, 5.41) is 7.57. The Balaban J connectivity index is 0.000000236. The van der Waals surface area contributed by atoms with Crippen molar-refractivity contribution in [2.45, 2.75) is 6.92 Å². The molecule has 0 saturated carbocycles. The highest BCUT2D eigenvalue weighted by atomic mass is 16.2. The number of anilines is 1. The Morgan fingerprint density at radius 2 is 1.90 bits per heavy atom. The molecule has 0 fully saturated rings. The van der Waals surface area contributed by atoms with Crippen molar-refractivity contribution < 1.29 is 5.11 Å². The maximum absolute atomic E-state index is 7.57. The highest BCUT2D eigenvalue weighted by molar-refractivity contribution is 5.33. The zero-order valence-electron chi connectivity index (χ0n) is 5.99. The fourth-order valence-corrected chi connectivity index (χ4v) is 0.363. The molecule has 56 valence electrons. The molecule has 0 amide bonds. The van der Waals surface area contributed by atoms with Crippen LogP contribution in [0.3, 0.4) is 0 Å².